The van der Waals surface area contributed by atoms with E-state index in [1.54, 1.807) is 0 Å². The summed E-state index contributed by atoms with van der Waals surface area (Å²) >= 11 is 1.36. The number of aromatic nitrogens is 1. The van der Waals surface area contributed by atoms with Gasteiger partial charge in [-0.05, 0) is 42.5 Å². The van der Waals surface area contributed by atoms with E-state index in [2.05, 4.69) is 53.4 Å². The monoisotopic (exact) mass is 547 g/mol. The molecule has 0 amide bonds. The summed E-state index contributed by atoms with van der Waals surface area (Å²) in [6.07, 6.45) is 0. The fourth-order valence-corrected chi connectivity index (χ4v) is 7.05. The van der Waals surface area contributed by atoms with E-state index in [9.17, 15) is 0 Å². The summed E-state index contributed by atoms with van der Waals surface area (Å²) in [6.45, 7) is 0. The Labute approximate surface area is 247 Å². The summed E-state index contributed by atoms with van der Waals surface area (Å²) < 4.78 is 47.4. The molecule has 0 spiro atoms. The molecule has 41 heavy (non-hydrogen) atoms. The largest absolute Gasteiger partial charge is 0.456 e. The molecular weight excluding hydrogens is 520 g/mol. The molecule has 6 aromatic carbocycles. The number of hydrogen-bond donors (Lipinski definition) is 0. The van der Waals surface area contributed by atoms with Gasteiger partial charge in [0.15, 0.2) is 0 Å². The highest BCUT2D eigenvalue weighted by Crippen LogP contribution is 2.54. The van der Waals surface area contributed by atoms with Crippen molar-refractivity contribution in [2.24, 2.45) is 0 Å². The van der Waals surface area contributed by atoms with Gasteiger partial charge in [-0.1, -0.05) is 90.9 Å². The first-order valence-corrected chi connectivity index (χ1v) is 14.1. The molecule has 3 nitrogen and oxygen atoms in total. The second-order valence-corrected chi connectivity index (χ2v) is 11.0. The van der Waals surface area contributed by atoms with E-state index in [0.717, 1.165) is 71.5 Å². The van der Waals surface area contributed by atoms with Crippen LogP contribution in [-0.2, 0) is 0 Å². The van der Waals surface area contributed by atoms with E-state index < -0.39 is 6.04 Å². The summed E-state index contributed by atoms with van der Waals surface area (Å²) in [5.41, 5.74) is 7.60. The fraction of sp³-hybridized carbons (Fsp3) is 0. The topological polar surface area (TPSA) is 29.3 Å². The van der Waals surface area contributed by atoms with Gasteiger partial charge in [0.2, 0.25) is 0 Å². The van der Waals surface area contributed by atoms with Crippen molar-refractivity contribution in [3.8, 4) is 32.3 Å². The second-order valence-electron chi connectivity index (χ2n) is 10.0. The lowest BCUT2D eigenvalue weighted by molar-refractivity contribution is 0.669. The molecule has 0 N–H and O–H groups in total. The predicted octanol–water partition coefficient (Wildman–Crippen LogP) is 11.0. The molecule has 2 aromatic heterocycles. The van der Waals surface area contributed by atoms with E-state index in [1.165, 1.54) is 11.3 Å². The predicted molar refractivity (Wildman–Crippen MR) is 171 cm³/mol. The van der Waals surface area contributed by atoms with Crippen LogP contribution in [0.4, 0.5) is 17.1 Å². The molecule has 1 aliphatic carbocycles. The molecule has 0 fully saturated rings. The van der Waals surface area contributed by atoms with Gasteiger partial charge in [-0.3, -0.25) is 0 Å². The lowest BCUT2D eigenvalue weighted by atomic mass is 10.0. The first kappa shape index (κ1) is 18.2. The minimum atomic E-state index is -0.409. The number of anilines is 3. The van der Waals surface area contributed by atoms with Crippen molar-refractivity contribution in [2.45, 2.75) is 0 Å². The maximum Gasteiger partial charge on any atom is 0.135 e. The van der Waals surface area contributed by atoms with Crippen LogP contribution in [-0.4, -0.2) is 4.98 Å². The quantitative estimate of drug-likeness (QED) is 0.219. The van der Waals surface area contributed by atoms with Crippen LogP contribution in [0.15, 0.2) is 138 Å². The Morgan fingerprint density at radius 3 is 2.37 bits per heavy atom. The lowest BCUT2D eigenvalue weighted by Crippen LogP contribution is -2.10. The molecule has 0 saturated heterocycles. The minimum Gasteiger partial charge on any atom is -0.456 e. The van der Waals surface area contributed by atoms with Gasteiger partial charge >= 0.3 is 0 Å². The Hall–Kier alpha value is -5.19. The molecular formula is C37H22N2OS. The summed E-state index contributed by atoms with van der Waals surface area (Å²) in [5.74, 6) is 0. The molecule has 1 aliphatic rings. The normalized spacial score (nSPS) is 13.6. The van der Waals surface area contributed by atoms with Crippen LogP contribution in [0.2, 0.25) is 0 Å². The molecule has 2 heterocycles. The number of benzene rings is 6. The van der Waals surface area contributed by atoms with Gasteiger partial charge in [0.25, 0.3) is 0 Å². The van der Waals surface area contributed by atoms with Crippen LogP contribution in [0.5, 0.6) is 0 Å². The third kappa shape index (κ3) is 3.35. The first-order chi connectivity index (χ1) is 22.4. The van der Waals surface area contributed by atoms with E-state index in [-0.39, 0.29) is 29.7 Å². The highest BCUT2D eigenvalue weighted by Gasteiger charge is 2.28. The van der Waals surface area contributed by atoms with Crippen molar-refractivity contribution in [3.63, 3.8) is 0 Å². The highest BCUT2D eigenvalue weighted by molar-refractivity contribution is 7.19. The van der Waals surface area contributed by atoms with Gasteiger partial charge in [0, 0.05) is 49.6 Å². The summed E-state index contributed by atoms with van der Waals surface area (Å²) in [5, 5.41) is 4.67. The van der Waals surface area contributed by atoms with Gasteiger partial charge in [-0.25, -0.2) is 4.98 Å². The van der Waals surface area contributed by atoms with Gasteiger partial charge in [0.05, 0.1) is 23.1 Å². The molecule has 0 bridgehead atoms. The number of nitrogens with zero attached hydrogens (tertiary/aromatic N) is 2. The maximum absolute atomic E-state index is 8.49. The highest BCUT2D eigenvalue weighted by atomic mass is 32.1. The average Bonchev–Trinajstić information content (AvgIpc) is 3.76. The minimum absolute atomic E-state index is 0.133. The van der Waals surface area contributed by atoms with Gasteiger partial charge in [0.1, 0.15) is 16.2 Å². The lowest BCUT2D eigenvalue weighted by Gasteiger charge is -2.27. The summed E-state index contributed by atoms with van der Waals surface area (Å²) in [4.78, 5) is 8.10. The number of hydrogen-bond acceptors (Lipinski definition) is 4. The van der Waals surface area contributed by atoms with Crippen LogP contribution >= 0.6 is 11.3 Å². The van der Waals surface area contributed by atoms with Crippen molar-refractivity contribution in [1.82, 2.24) is 4.98 Å². The Kier molecular flexibility index (Phi) is 3.84. The third-order valence-electron chi connectivity index (χ3n) is 7.73. The second kappa shape index (κ2) is 8.65. The Bertz CT molecular complexity index is 2500. The molecule has 0 atom stereocenters. The zero-order chi connectivity index (χ0) is 31.3. The van der Waals surface area contributed by atoms with Gasteiger partial charge in [-0.15, -0.1) is 11.3 Å². The van der Waals surface area contributed by atoms with Gasteiger partial charge < -0.3 is 9.32 Å². The number of para-hydroxylation sites is 2. The molecule has 0 unspecified atom stereocenters. The van der Waals surface area contributed by atoms with E-state index in [0.29, 0.717) is 5.01 Å². The van der Waals surface area contributed by atoms with Crippen molar-refractivity contribution in [1.29, 1.82) is 0 Å². The third-order valence-corrected chi connectivity index (χ3v) is 8.84. The van der Waals surface area contributed by atoms with Crippen LogP contribution < -0.4 is 4.90 Å². The van der Waals surface area contributed by atoms with Crippen LogP contribution in [0.1, 0.15) is 6.85 Å². The number of thiazole rings is 1. The molecule has 4 heteroatoms. The van der Waals surface area contributed by atoms with Crippen molar-refractivity contribution < 1.29 is 11.3 Å². The first-order valence-electron chi connectivity index (χ1n) is 15.8. The molecule has 0 radical (unpaired) electrons. The summed E-state index contributed by atoms with van der Waals surface area (Å²) in [6, 6.07) is 33.5. The Morgan fingerprint density at radius 2 is 1.46 bits per heavy atom. The Balaban J connectivity index is 1.24. The molecule has 0 saturated carbocycles. The number of furan rings is 1. The summed E-state index contributed by atoms with van der Waals surface area (Å²) in [7, 11) is 0. The number of fused-ring (bicyclic) bond motifs is 6. The average molecular weight is 548 g/mol. The molecule has 0 aliphatic heterocycles. The zero-order valence-corrected chi connectivity index (χ0v) is 22.3. The SMILES string of the molecule is [2H]c1c([2H])c([2H])c(-c2nc3c(s2)-c2ccc(N(c4ccccc4)c4ccc5oc6ccccc6c5c4)c4cccc-3c24)c([2H])c1[2H]. The maximum atomic E-state index is 8.49. The van der Waals surface area contributed by atoms with Crippen molar-refractivity contribution in [3.05, 3.63) is 133 Å². The Morgan fingerprint density at radius 1 is 0.659 bits per heavy atom. The van der Waals surface area contributed by atoms with Crippen LogP contribution in [0.3, 0.4) is 0 Å². The van der Waals surface area contributed by atoms with E-state index in [4.69, 9.17) is 16.3 Å². The molecule has 9 rings (SSSR count). The fourth-order valence-electron chi connectivity index (χ4n) is 5.98. The van der Waals surface area contributed by atoms with Crippen molar-refractivity contribution in [2.75, 3.05) is 4.90 Å². The van der Waals surface area contributed by atoms with Gasteiger partial charge in [-0.2, -0.15) is 0 Å². The molecule has 192 valence electrons. The van der Waals surface area contributed by atoms with E-state index in [1.807, 2.05) is 54.6 Å². The van der Waals surface area contributed by atoms with Crippen LogP contribution in [0, 0.1) is 0 Å². The zero-order valence-electron chi connectivity index (χ0n) is 26.5. The molecule has 8 aromatic rings. The van der Waals surface area contributed by atoms with Crippen LogP contribution in [0.25, 0.3) is 65.0 Å². The standard InChI is InChI=1S/C37H22N2OS/c1-3-10-23(11-4-1)37-38-35-28-16-9-15-27-31(20-19-29(34(27)28)36(35)41-37)39(24-12-5-2-6-13-24)25-18-21-33-30(22-25)26-14-7-8-17-32(26)40-33/h1-22H/i1D,3D,4D,10D,11D. The van der Waals surface area contributed by atoms with Crippen molar-refractivity contribution >= 4 is 61.1 Å². The smallest absolute Gasteiger partial charge is 0.135 e. The number of rotatable bonds is 4. The van der Waals surface area contributed by atoms with E-state index >= 15 is 0 Å².